The third kappa shape index (κ3) is 4.82. The van der Waals surface area contributed by atoms with Gasteiger partial charge in [0, 0.05) is 6.61 Å². The van der Waals surface area contributed by atoms with Crippen molar-refractivity contribution >= 4 is 0 Å². The van der Waals surface area contributed by atoms with Gasteiger partial charge in [0.25, 0.3) is 0 Å². The minimum atomic E-state index is 0.190. The van der Waals surface area contributed by atoms with Crippen molar-refractivity contribution in [1.29, 1.82) is 0 Å². The van der Waals surface area contributed by atoms with Crippen LogP contribution in [0.1, 0.15) is 41.7 Å². The summed E-state index contributed by atoms with van der Waals surface area (Å²) in [4.78, 5) is 0. The van der Waals surface area contributed by atoms with Crippen molar-refractivity contribution in [1.82, 2.24) is 0 Å². The van der Waals surface area contributed by atoms with E-state index >= 15 is 0 Å². The molecule has 0 spiro atoms. The summed E-state index contributed by atoms with van der Waals surface area (Å²) in [5, 5.41) is 9.21. The first-order valence-electron chi connectivity index (χ1n) is 10.2. The fourth-order valence-corrected chi connectivity index (χ4v) is 3.55. The molecule has 0 atom stereocenters. The van der Waals surface area contributed by atoms with E-state index < -0.39 is 0 Å². The first kappa shape index (κ1) is 20.2. The maximum atomic E-state index is 9.21. The first-order valence-corrected chi connectivity index (χ1v) is 10.2. The second-order valence-corrected chi connectivity index (χ2v) is 7.27. The van der Waals surface area contributed by atoms with Crippen LogP contribution in [0, 0.1) is 6.92 Å². The van der Waals surface area contributed by atoms with Crippen LogP contribution < -0.4 is 4.74 Å². The molecule has 0 saturated heterocycles. The molecule has 0 radical (unpaired) electrons. The van der Waals surface area contributed by atoms with Crippen molar-refractivity contribution in [2.24, 2.45) is 0 Å². The Hall–Kier alpha value is -2.58. The van der Waals surface area contributed by atoms with Gasteiger partial charge in [0.2, 0.25) is 0 Å². The maximum Gasteiger partial charge on any atom is 0.120 e. The van der Waals surface area contributed by atoms with Crippen LogP contribution in [0.2, 0.25) is 0 Å². The normalized spacial score (nSPS) is 10.9. The average molecular weight is 375 g/mol. The van der Waals surface area contributed by atoms with Crippen LogP contribution in [0.15, 0.2) is 60.7 Å². The van der Waals surface area contributed by atoms with Crippen LogP contribution in [-0.2, 0) is 25.9 Å². The van der Waals surface area contributed by atoms with E-state index in [0.717, 1.165) is 18.6 Å². The van der Waals surface area contributed by atoms with E-state index in [1.165, 1.54) is 38.9 Å². The lowest BCUT2D eigenvalue weighted by molar-refractivity contribution is 0.299. The molecule has 0 aliphatic heterocycles. The van der Waals surface area contributed by atoms with E-state index in [4.69, 9.17) is 4.74 Å². The van der Waals surface area contributed by atoms with Gasteiger partial charge in [-0.05, 0) is 71.7 Å². The van der Waals surface area contributed by atoms with Gasteiger partial charge >= 0.3 is 0 Å². The summed E-state index contributed by atoms with van der Waals surface area (Å²) in [6, 6.07) is 21.5. The smallest absolute Gasteiger partial charge is 0.120 e. The van der Waals surface area contributed by atoms with Gasteiger partial charge in [0.15, 0.2) is 0 Å². The Bertz CT molecular complexity index is 910. The Balaban J connectivity index is 1.84. The van der Waals surface area contributed by atoms with Gasteiger partial charge in [-0.25, -0.2) is 0 Å². The number of aryl methyl sites for hydroxylation is 3. The summed E-state index contributed by atoms with van der Waals surface area (Å²) >= 11 is 0. The summed E-state index contributed by atoms with van der Waals surface area (Å²) in [7, 11) is 0. The molecule has 3 aromatic carbocycles. The second kappa shape index (κ2) is 9.57. The molecule has 1 N–H and O–H groups in total. The van der Waals surface area contributed by atoms with E-state index in [1.54, 1.807) is 0 Å². The number of hydrogen-bond donors (Lipinski definition) is 1. The highest BCUT2D eigenvalue weighted by atomic mass is 16.5. The first-order chi connectivity index (χ1) is 13.6. The molecule has 0 aliphatic rings. The Morgan fingerprint density at radius 2 is 1.36 bits per heavy atom. The maximum absolute atomic E-state index is 9.21. The minimum absolute atomic E-state index is 0.190. The molecule has 2 heteroatoms. The van der Waals surface area contributed by atoms with E-state index in [1.807, 2.05) is 0 Å². The van der Waals surface area contributed by atoms with E-state index in [2.05, 4.69) is 81.4 Å². The van der Waals surface area contributed by atoms with Gasteiger partial charge in [-0.3, -0.25) is 0 Å². The standard InChI is InChI=1S/C26H30O2/c1-4-22-16-20(14-15-27)10-12-25(22)26-13-11-24(17-23(26)5-2)28-18-21-8-6-19(3)7-9-21/h6-13,16-17,27H,4-5,14-15,18H2,1-3H3. The zero-order chi connectivity index (χ0) is 19.9. The largest absolute Gasteiger partial charge is 0.489 e. The lowest BCUT2D eigenvalue weighted by atomic mass is 9.91. The minimum Gasteiger partial charge on any atom is -0.489 e. The molecule has 146 valence electrons. The summed E-state index contributed by atoms with van der Waals surface area (Å²) in [6.07, 6.45) is 2.64. The Labute approximate surface area is 168 Å². The number of aliphatic hydroxyl groups is 1. The lowest BCUT2D eigenvalue weighted by Gasteiger charge is -2.16. The molecular weight excluding hydrogens is 344 g/mol. The van der Waals surface area contributed by atoms with Crippen molar-refractivity contribution in [3.63, 3.8) is 0 Å². The molecule has 2 nitrogen and oxygen atoms in total. The van der Waals surface area contributed by atoms with Gasteiger partial charge in [-0.2, -0.15) is 0 Å². The molecule has 3 rings (SSSR count). The van der Waals surface area contributed by atoms with Crippen molar-refractivity contribution in [3.8, 4) is 16.9 Å². The zero-order valence-corrected chi connectivity index (χ0v) is 17.2. The average Bonchev–Trinajstić information content (AvgIpc) is 2.73. The van der Waals surface area contributed by atoms with Crippen molar-refractivity contribution in [2.75, 3.05) is 6.61 Å². The van der Waals surface area contributed by atoms with Gasteiger partial charge in [-0.15, -0.1) is 0 Å². The summed E-state index contributed by atoms with van der Waals surface area (Å²) < 4.78 is 6.05. The van der Waals surface area contributed by atoms with Crippen molar-refractivity contribution in [2.45, 2.75) is 46.6 Å². The molecule has 0 aromatic heterocycles. The number of rotatable bonds is 8. The Kier molecular flexibility index (Phi) is 6.89. The second-order valence-electron chi connectivity index (χ2n) is 7.27. The SMILES string of the molecule is CCc1cc(CCO)ccc1-c1ccc(OCc2ccc(C)cc2)cc1CC. The highest BCUT2D eigenvalue weighted by Gasteiger charge is 2.10. The summed E-state index contributed by atoms with van der Waals surface area (Å²) in [5.74, 6) is 0.913. The number of aliphatic hydroxyl groups excluding tert-OH is 1. The molecule has 0 unspecified atom stereocenters. The number of ether oxygens (including phenoxy) is 1. The lowest BCUT2D eigenvalue weighted by Crippen LogP contribution is -1.99. The molecule has 0 aliphatic carbocycles. The van der Waals surface area contributed by atoms with Gasteiger partial charge in [-0.1, -0.05) is 67.9 Å². The highest BCUT2D eigenvalue weighted by molar-refractivity contribution is 5.72. The van der Waals surface area contributed by atoms with E-state index in [9.17, 15) is 5.11 Å². The molecule has 0 amide bonds. The van der Waals surface area contributed by atoms with Crippen LogP contribution in [0.3, 0.4) is 0 Å². The van der Waals surface area contributed by atoms with Gasteiger partial charge < -0.3 is 9.84 Å². The Morgan fingerprint density at radius 3 is 2.00 bits per heavy atom. The quantitative estimate of drug-likeness (QED) is 0.532. The third-order valence-corrected chi connectivity index (χ3v) is 5.22. The predicted octanol–water partition coefficient (Wildman–Crippen LogP) is 5.90. The van der Waals surface area contributed by atoms with Crippen molar-refractivity contribution < 1.29 is 9.84 Å². The topological polar surface area (TPSA) is 29.5 Å². The van der Waals surface area contributed by atoms with Crippen LogP contribution in [0.5, 0.6) is 5.75 Å². The van der Waals surface area contributed by atoms with Crippen LogP contribution >= 0.6 is 0 Å². The van der Waals surface area contributed by atoms with E-state index in [-0.39, 0.29) is 6.61 Å². The predicted molar refractivity (Wildman–Crippen MR) is 117 cm³/mol. The summed E-state index contributed by atoms with van der Waals surface area (Å²) in [6.45, 7) is 7.24. The monoisotopic (exact) mass is 374 g/mol. The fourth-order valence-electron chi connectivity index (χ4n) is 3.55. The molecule has 28 heavy (non-hydrogen) atoms. The van der Waals surface area contributed by atoms with Crippen LogP contribution in [0.4, 0.5) is 0 Å². The van der Waals surface area contributed by atoms with Crippen LogP contribution in [-0.4, -0.2) is 11.7 Å². The van der Waals surface area contributed by atoms with Gasteiger partial charge in [0.1, 0.15) is 12.4 Å². The fraction of sp³-hybridized carbons (Fsp3) is 0.308. The third-order valence-electron chi connectivity index (χ3n) is 5.22. The highest BCUT2D eigenvalue weighted by Crippen LogP contribution is 2.32. The van der Waals surface area contributed by atoms with Crippen LogP contribution in [0.25, 0.3) is 11.1 Å². The molecule has 0 fully saturated rings. The Morgan fingerprint density at radius 1 is 0.750 bits per heavy atom. The van der Waals surface area contributed by atoms with Crippen molar-refractivity contribution in [3.05, 3.63) is 88.5 Å². The molecule has 0 saturated carbocycles. The molecule has 3 aromatic rings. The molecular formula is C26H30O2. The summed E-state index contributed by atoms with van der Waals surface area (Å²) in [5.41, 5.74) is 8.82. The zero-order valence-electron chi connectivity index (χ0n) is 17.2. The molecule has 0 heterocycles. The number of benzene rings is 3. The number of hydrogen-bond acceptors (Lipinski definition) is 2. The van der Waals surface area contributed by atoms with E-state index in [0.29, 0.717) is 13.0 Å². The molecule has 0 bridgehead atoms. The van der Waals surface area contributed by atoms with Gasteiger partial charge in [0.05, 0.1) is 0 Å².